The largest absolute Gasteiger partial charge is 0.443 e. The van der Waals surface area contributed by atoms with Crippen molar-refractivity contribution in [1.82, 2.24) is 0 Å². The van der Waals surface area contributed by atoms with Crippen LogP contribution < -0.4 is 19.6 Å². The molecule has 4 aliphatic heterocycles. The zero-order chi connectivity index (χ0) is 54.6. The average molecular weight is 1100 g/mol. The Hall–Kier alpha value is -5.37. The number of benzene rings is 3. The Labute approximate surface area is 454 Å². The first kappa shape index (κ1) is 58.9. The molecule has 13 nitrogen and oxygen atoms in total. The normalized spacial score (nSPS) is 16.2. The number of hydrogen-bond acceptors (Lipinski definition) is 9. The molecule has 1 aliphatic carbocycles. The molecule has 75 heavy (non-hydrogen) atoms. The molecule has 3 aromatic carbocycles. The van der Waals surface area contributed by atoms with Crippen molar-refractivity contribution in [2.24, 2.45) is 0 Å². The summed E-state index contributed by atoms with van der Waals surface area (Å²) < 4.78 is 11.9. The summed E-state index contributed by atoms with van der Waals surface area (Å²) >= 11 is 3.56. The number of carbonyl (C=O) groups excluding carboxylic acids is 7. The van der Waals surface area contributed by atoms with Crippen LogP contribution in [0.1, 0.15) is 225 Å². The van der Waals surface area contributed by atoms with E-state index in [4.69, 9.17) is 9.47 Å². The molecule has 2 saturated heterocycles. The standard InChI is InChI=1S/C23H32N2O4.C19H26BrNO3.C19H25NO2/c1-5-6-10-19(26)17-14-16-9-7-13-25(22(28)29-23(2,3)4)21(16)18(15-17)24-12-8-11-20(24)27;1-5-6-9-16(22)14-11-13-8-7-10-21(17(13)15(20)12-14)18(23)24-19(2,3)4;1-2-3-9-18(21)15-12-14-7-4-5-8-16(14)17(13-15)20-11-6-10-19(20)22/h14-15H,5-13H2,1-4H3;11-12H,5-10H2,1-4H3;12-13H,2-11H2,1H3. The third kappa shape index (κ3) is 15.6. The van der Waals surface area contributed by atoms with Crippen LogP contribution in [0.25, 0.3) is 0 Å². The van der Waals surface area contributed by atoms with E-state index >= 15 is 0 Å². The van der Waals surface area contributed by atoms with Crippen molar-refractivity contribution in [3.63, 3.8) is 0 Å². The van der Waals surface area contributed by atoms with Gasteiger partial charge in [-0.3, -0.25) is 33.8 Å². The number of unbranched alkanes of at least 4 members (excludes halogenated alkanes) is 3. The van der Waals surface area contributed by atoms with Crippen LogP contribution in [0.5, 0.6) is 0 Å². The molecule has 408 valence electrons. The quantitative estimate of drug-likeness (QED) is 0.144. The predicted molar refractivity (Wildman–Crippen MR) is 302 cm³/mol. The number of aryl methyl sites for hydroxylation is 3. The third-order valence-corrected chi connectivity index (χ3v) is 14.7. The summed E-state index contributed by atoms with van der Waals surface area (Å²) in [5.41, 5.74) is 8.88. The van der Waals surface area contributed by atoms with Gasteiger partial charge < -0.3 is 19.3 Å². The van der Waals surface area contributed by atoms with Crippen LogP contribution in [0.15, 0.2) is 40.9 Å². The fourth-order valence-corrected chi connectivity index (χ4v) is 11.1. The topological polar surface area (TPSA) is 151 Å². The highest BCUT2D eigenvalue weighted by Gasteiger charge is 2.35. The molecule has 2 fully saturated rings. The summed E-state index contributed by atoms with van der Waals surface area (Å²) in [6.07, 6.45) is 17.2. The Morgan fingerprint density at radius 2 is 0.867 bits per heavy atom. The maximum Gasteiger partial charge on any atom is 0.414 e. The summed E-state index contributed by atoms with van der Waals surface area (Å²) in [6, 6.07) is 11.6. The van der Waals surface area contributed by atoms with Gasteiger partial charge in [0.2, 0.25) is 11.8 Å². The first-order valence-corrected chi connectivity index (χ1v) is 28.8. The second-order valence-corrected chi connectivity index (χ2v) is 23.5. The molecule has 5 aliphatic rings. The molecule has 0 unspecified atom stereocenters. The Bertz CT molecular complexity index is 2590. The van der Waals surface area contributed by atoms with Crippen LogP contribution in [0.3, 0.4) is 0 Å². The molecule has 0 bridgehead atoms. The Balaban J connectivity index is 0.000000185. The smallest absolute Gasteiger partial charge is 0.414 e. The van der Waals surface area contributed by atoms with Gasteiger partial charge in [-0.05, 0) is 200 Å². The molecular weight excluding hydrogens is 1010 g/mol. The van der Waals surface area contributed by atoms with Crippen molar-refractivity contribution in [2.45, 2.75) is 208 Å². The number of ketones is 3. The lowest BCUT2D eigenvalue weighted by Crippen LogP contribution is -2.41. The Morgan fingerprint density at radius 3 is 1.32 bits per heavy atom. The van der Waals surface area contributed by atoms with E-state index in [2.05, 4.69) is 42.8 Å². The van der Waals surface area contributed by atoms with Crippen molar-refractivity contribution in [3.8, 4) is 0 Å². The van der Waals surface area contributed by atoms with Gasteiger partial charge in [0, 0.05) is 85.1 Å². The van der Waals surface area contributed by atoms with Gasteiger partial charge in [0.25, 0.3) is 0 Å². The first-order chi connectivity index (χ1) is 35.6. The molecule has 3 aromatic rings. The monoisotopic (exact) mass is 1090 g/mol. The number of fused-ring (bicyclic) bond motifs is 3. The molecule has 0 atom stereocenters. The van der Waals surface area contributed by atoms with Crippen molar-refractivity contribution in [1.29, 1.82) is 0 Å². The lowest BCUT2D eigenvalue weighted by atomic mass is 9.87. The van der Waals surface area contributed by atoms with Gasteiger partial charge in [-0.25, -0.2) is 9.59 Å². The SMILES string of the molecule is CCCCC(=O)c1cc(Br)c2c(c1)CCCN2C(=O)OC(C)(C)C.CCCCC(=O)c1cc2c(c(N3CCCC3=O)c1)CCCC2.CCCCC(=O)c1cc2c(c(N3CCCC3=O)c1)N(C(=O)OC(C)(C)C)CCC2. The maximum absolute atomic E-state index is 12.9. The number of anilines is 4. The molecule has 0 aromatic heterocycles. The average Bonchev–Trinajstić information content (AvgIpc) is 4.01. The minimum Gasteiger partial charge on any atom is -0.443 e. The summed E-state index contributed by atoms with van der Waals surface area (Å²) in [6.45, 7) is 19.9. The molecule has 14 heteroatoms. The van der Waals surface area contributed by atoms with Gasteiger partial charge in [0.1, 0.15) is 11.2 Å². The molecule has 0 spiro atoms. The summed E-state index contributed by atoms with van der Waals surface area (Å²) in [5.74, 6) is 0.737. The fraction of sp³-hybridized carbons (Fsp3) is 0.590. The molecule has 8 rings (SSSR count). The maximum atomic E-state index is 12.9. The number of nitrogens with zero attached hydrogens (tertiary/aromatic N) is 4. The van der Waals surface area contributed by atoms with E-state index in [1.807, 2.05) is 76.8 Å². The molecule has 0 saturated carbocycles. The number of carbonyl (C=O) groups is 7. The van der Waals surface area contributed by atoms with Crippen LogP contribution in [-0.2, 0) is 44.7 Å². The number of hydrogen-bond donors (Lipinski definition) is 0. The Kier molecular flexibility index (Phi) is 20.9. The van der Waals surface area contributed by atoms with Gasteiger partial charge in [-0.1, -0.05) is 40.0 Å². The van der Waals surface area contributed by atoms with Crippen LogP contribution in [0.4, 0.5) is 32.3 Å². The lowest BCUT2D eigenvalue weighted by molar-refractivity contribution is -0.117. The highest BCUT2D eigenvalue weighted by atomic mass is 79.9. The van der Waals surface area contributed by atoms with E-state index in [1.54, 1.807) is 14.7 Å². The van der Waals surface area contributed by atoms with Crippen molar-refractivity contribution >= 4 is 80.0 Å². The zero-order valence-corrected chi connectivity index (χ0v) is 48.1. The van der Waals surface area contributed by atoms with Gasteiger partial charge in [0.05, 0.1) is 17.1 Å². The lowest BCUT2D eigenvalue weighted by Gasteiger charge is -2.35. The Morgan fingerprint density at radius 1 is 0.480 bits per heavy atom. The first-order valence-electron chi connectivity index (χ1n) is 28.0. The minimum absolute atomic E-state index is 0.0417. The van der Waals surface area contributed by atoms with Crippen LogP contribution in [0.2, 0.25) is 0 Å². The number of ether oxygens (including phenoxy) is 2. The number of halogens is 1. The van der Waals surface area contributed by atoms with E-state index in [9.17, 15) is 33.6 Å². The fourth-order valence-electron chi connectivity index (χ4n) is 10.4. The van der Waals surface area contributed by atoms with Crippen molar-refractivity contribution in [2.75, 3.05) is 45.8 Å². The highest BCUT2D eigenvalue weighted by Crippen LogP contribution is 2.42. The second kappa shape index (κ2) is 26.6. The van der Waals surface area contributed by atoms with Crippen molar-refractivity contribution < 1.29 is 43.0 Å². The van der Waals surface area contributed by atoms with E-state index in [0.717, 1.165) is 140 Å². The van der Waals surface area contributed by atoms with Gasteiger partial charge >= 0.3 is 12.2 Å². The molecule has 0 radical (unpaired) electrons. The third-order valence-electron chi connectivity index (χ3n) is 14.1. The van der Waals surface area contributed by atoms with Crippen LogP contribution >= 0.6 is 15.9 Å². The predicted octanol–water partition coefficient (Wildman–Crippen LogP) is 14.4. The minimum atomic E-state index is -0.603. The van der Waals surface area contributed by atoms with E-state index in [-0.39, 0.29) is 35.3 Å². The summed E-state index contributed by atoms with van der Waals surface area (Å²) in [4.78, 5) is 94.6. The van der Waals surface area contributed by atoms with E-state index in [0.29, 0.717) is 63.0 Å². The van der Waals surface area contributed by atoms with Crippen LogP contribution in [-0.4, -0.2) is 78.7 Å². The second-order valence-electron chi connectivity index (χ2n) is 22.7. The molecular formula is C61H83BrN4O9. The molecule has 4 heterocycles. The molecule has 0 N–H and O–H groups in total. The number of Topliss-reactive ketones (excluding diaryl/α,β-unsaturated/α-hetero) is 3. The van der Waals surface area contributed by atoms with Crippen molar-refractivity contribution in [3.05, 3.63) is 79.8 Å². The van der Waals surface area contributed by atoms with Crippen LogP contribution in [0, 0.1) is 0 Å². The van der Waals surface area contributed by atoms with Gasteiger partial charge in [-0.15, -0.1) is 0 Å². The summed E-state index contributed by atoms with van der Waals surface area (Å²) in [7, 11) is 0. The number of rotatable bonds is 14. The summed E-state index contributed by atoms with van der Waals surface area (Å²) in [5, 5.41) is 0. The zero-order valence-electron chi connectivity index (χ0n) is 46.5. The van der Waals surface area contributed by atoms with Gasteiger partial charge in [-0.2, -0.15) is 0 Å². The number of amides is 4. The van der Waals surface area contributed by atoms with Gasteiger partial charge in [0.15, 0.2) is 17.3 Å². The highest BCUT2D eigenvalue weighted by molar-refractivity contribution is 9.10. The van der Waals surface area contributed by atoms with E-state index in [1.165, 1.54) is 24.0 Å². The van der Waals surface area contributed by atoms with E-state index < -0.39 is 17.3 Å². The molecule has 4 amide bonds.